The average molecular weight is 440 g/mol. The minimum Gasteiger partial charge on any atom is -0.310 e. The Morgan fingerprint density at radius 2 is 1.87 bits per heavy atom. The van der Waals surface area contributed by atoms with Crippen molar-refractivity contribution in [2.24, 2.45) is 0 Å². The van der Waals surface area contributed by atoms with Crippen molar-refractivity contribution in [3.8, 4) is 0 Å². The Balaban J connectivity index is 1.60. The van der Waals surface area contributed by atoms with Crippen LogP contribution in [-0.4, -0.2) is 30.1 Å². The second-order valence-corrected chi connectivity index (χ2v) is 9.76. The number of benzene rings is 2. The predicted molar refractivity (Wildman–Crippen MR) is 117 cm³/mol. The van der Waals surface area contributed by atoms with Gasteiger partial charge in [0.25, 0.3) is 11.5 Å². The van der Waals surface area contributed by atoms with Crippen molar-refractivity contribution in [2.45, 2.75) is 11.4 Å². The second-order valence-electron chi connectivity index (χ2n) is 6.72. The predicted octanol–water partition coefficient (Wildman–Crippen LogP) is 3.16. The maximum absolute atomic E-state index is 12.8. The molecular weight excluding hydrogens is 422 g/mol. The Kier molecular flexibility index (Phi) is 5.23. The summed E-state index contributed by atoms with van der Waals surface area (Å²) in [5, 5.41) is 2.93. The topological polar surface area (TPSA) is 98.1 Å². The van der Waals surface area contributed by atoms with Crippen molar-refractivity contribution >= 4 is 42.4 Å². The van der Waals surface area contributed by atoms with Crippen molar-refractivity contribution in [3.05, 3.63) is 88.3 Å². The number of hydrogen-bond donors (Lipinski definition) is 1. The number of anilines is 1. The Bertz CT molecular complexity index is 1410. The third kappa shape index (κ3) is 4.17. The lowest BCUT2D eigenvalue weighted by molar-refractivity contribution is 0.102. The van der Waals surface area contributed by atoms with Gasteiger partial charge in [0, 0.05) is 12.5 Å². The van der Waals surface area contributed by atoms with Gasteiger partial charge in [-0.3, -0.25) is 14.9 Å². The molecule has 2 heterocycles. The zero-order valence-electron chi connectivity index (χ0n) is 15.9. The van der Waals surface area contributed by atoms with Gasteiger partial charge in [0.15, 0.2) is 15.0 Å². The van der Waals surface area contributed by atoms with E-state index >= 15 is 0 Å². The number of amides is 1. The highest BCUT2D eigenvalue weighted by molar-refractivity contribution is 7.90. The SMILES string of the molecule is CS(=O)(=O)c1ccc2nc(NC(=O)c3cccn(Cc4ccccc4)c3=O)sc2c1. The number of carbonyl (C=O) groups excluding carboxylic acids is 1. The van der Waals surface area contributed by atoms with E-state index in [-0.39, 0.29) is 10.5 Å². The number of sulfone groups is 1. The summed E-state index contributed by atoms with van der Waals surface area (Å²) in [4.78, 5) is 29.9. The highest BCUT2D eigenvalue weighted by atomic mass is 32.2. The van der Waals surface area contributed by atoms with Crippen LogP contribution in [0.3, 0.4) is 0 Å². The molecule has 2 aromatic carbocycles. The molecule has 4 aromatic rings. The number of nitrogens with one attached hydrogen (secondary N) is 1. The zero-order valence-corrected chi connectivity index (χ0v) is 17.5. The van der Waals surface area contributed by atoms with Crippen molar-refractivity contribution in [1.82, 2.24) is 9.55 Å². The van der Waals surface area contributed by atoms with Crippen molar-refractivity contribution in [1.29, 1.82) is 0 Å². The van der Waals surface area contributed by atoms with Crippen LogP contribution in [-0.2, 0) is 16.4 Å². The van der Waals surface area contributed by atoms with E-state index < -0.39 is 21.3 Å². The highest BCUT2D eigenvalue weighted by Gasteiger charge is 2.16. The molecule has 0 saturated heterocycles. The number of thiazole rings is 1. The molecule has 0 saturated carbocycles. The van der Waals surface area contributed by atoms with E-state index in [1.807, 2.05) is 30.3 Å². The summed E-state index contributed by atoms with van der Waals surface area (Å²) in [5.41, 5.74) is 1.12. The standard InChI is InChI=1S/C21H17N3O4S2/c1-30(27,28)15-9-10-17-18(12-15)29-21(22-17)23-19(25)16-8-5-11-24(20(16)26)13-14-6-3-2-4-7-14/h2-12H,13H2,1H3,(H,22,23,25). The average Bonchev–Trinajstić information content (AvgIpc) is 3.11. The number of carbonyl (C=O) groups is 1. The molecule has 152 valence electrons. The van der Waals surface area contributed by atoms with Gasteiger partial charge in [0.2, 0.25) is 0 Å². The lowest BCUT2D eigenvalue weighted by Gasteiger charge is -2.08. The molecule has 2 aromatic heterocycles. The summed E-state index contributed by atoms with van der Waals surface area (Å²) in [6.45, 7) is 0.357. The fourth-order valence-corrected chi connectivity index (χ4v) is 4.59. The lowest BCUT2D eigenvalue weighted by atomic mass is 10.2. The van der Waals surface area contributed by atoms with Gasteiger partial charge in [-0.05, 0) is 35.9 Å². The van der Waals surface area contributed by atoms with Gasteiger partial charge in [-0.15, -0.1) is 0 Å². The molecule has 0 radical (unpaired) electrons. The molecule has 4 rings (SSSR count). The fraction of sp³-hybridized carbons (Fsp3) is 0.0952. The van der Waals surface area contributed by atoms with Crippen molar-refractivity contribution in [2.75, 3.05) is 11.6 Å². The van der Waals surface area contributed by atoms with Crippen LogP contribution in [0, 0.1) is 0 Å². The number of nitrogens with zero attached hydrogens (tertiary/aromatic N) is 2. The summed E-state index contributed by atoms with van der Waals surface area (Å²) < 4.78 is 25.5. The molecule has 9 heteroatoms. The van der Waals surface area contributed by atoms with Crippen LogP contribution in [0.2, 0.25) is 0 Å². The first-order valence-corrected chi connectivity index (χ1v) is 11.7. The number of pyridine rings is 1. The van der Waals surface area contributed by atoms with Crippen LogP contribution in [0.25, 0.3) is 10.2 Å². The maximum atomic E-state index is 12.8. The monoisotopic (exact) mass is 439 g/mol. The van der Waals surface area contributed by atoms with Gasteiger partial charge in [0.05, 0.1) is 21.7 Å². The number of aromatic nitrogens is 2. The maximum Gasteiger partial charge on any atom is 0.263 e. The number of rotatable bonds is 5. The van der Waals surface area contributed by atoms with Crippen LogP contribution >= 0.6 is 11.3 Å². The summed E-state index contributed by atoms with van der Waals surface area (Å²) in [6.07, 6.45) is 2.77. The van der Waals surface area contributed by atoms with Crippen LogP contribution in [0.1, 0.15) is 15.9 Å². The smallest absolute Gasteiger partial charge is 0.263 e. The molecule has 0 aliphatic carbocycles. The molecule has 7 nitrogen and oxygen atoms in total. The molecule has 0 spiro atoms. The Labute approximate surface area is 176 Å². The highest BCUT2D eigenvalue weighted by Crippen LogP contribution is 2.28. The zero-order chi connectivity index (χ0) is 21.3. The Morgan fingerprint density at radius 1 is 1.10 bits per heavy atom. The molecule has 0 atom stereocenters. The first-order chi connectivity index (χ1) is 14.3. The molecule has 30 heavy (non-hydrogen) atoms. The Hall–Kier alpha value is -3.30. The van der Waals surface area contributed by atoms with E-state index in [9.17, 15) is 18.0 Å². The summed E-state index contributed by atoms with van der Waals surface area (Å²) in [7, 11) is -3.34. The minimum absolute atomic E-state index is 0.00418. The van der Waals surface area contributed by atoms with E-state index in [1.165, 1.54) is 22.8 Å². The van der Waals surface area contributed by atoms with E-state index in [2.05, 4.69) is 10.3 Å². The fourth-order valence-electron chi connectivity index (χ4n) is 2.97. The summed E-state index contributed by atoms with van der Waals surface area (Å²) in [6, 6.07) is 17.2. The second kappa shape index (κ2) is 7.85. The van der Waals surface area contributed by atoms with E-state index in [0.717, 1.165) is 23.2 Å². The third-order valence-corrected chi connectivity index (χ3v) is 6.51. The molecule has 0 fully saturated rings. The van der Waals surface area contributed by atoms with Gasteiger partial charge in [-0.1, -0.05) is 41.7 Å². The molecule has 0 aliphatic rings. The van der Waals surface area contributed by atoms with Gasteiger partial charge < -0.3 is 4.57 Å². The van der Waals surface area contributed by atoms with Crippen LogP contribution in [0.4, 0.5) is 5.13 Å². The van der Waals surface area contributed by atoms with E-state index in [4.69, 9.17) is 0 Å². The largest absolute Gasteiger partial charge is 0.310 e. The third-order valence-electron chi connectivity index (χ3n) is 4.47. The molecule has 1 amide bonds. The normalized spacial score (nSPS) is 11.5. The number of hydrogen-bond acceptors (Lipinski definition) is 6. The first-order valence-electron chi connectivity index (χ1n) is 8.97. The van der Waals surface area contributed by atoms with Gasteiger partial charge in [-0.2, -0.15) is 0 Å². The molecular formula is C21H17N3O4S2. The van der Waals surface area contributed by atoms with Crippen LogP contribution in [0.5, 0.6) is 0 Å². The van der Waals surface area contributed by atoms with Crippen molar-refractivity contribution in [3.63, 3.8) is 0 Å². The molecule has 0 aliphatic heterocycles. The van der Waals surface area contributed by atoms with E-state index in [0.29, 0.717) is 21.9 Å². The van der Waals surface area contributed by atoms with E-state index in [1.54, 1.807) is 18.3 Å². The molecule has 0 bridgehead atoms. The Morgan fingerprint density at radius 3 is 2.60 bits per heavy atom. The first kappa shape index (κ1) is 20.0. The summed E-state index contributed by atoms with van der Waals surface area (Å²) >= 11 is 1.15. The van der Waals surface area contributed by atoms with Crippen molar-refractivity contribution < 1.29 is 13.2 Å². The molecule has 0 unspecified atom stereocenters. The molecule has 1 N–H and O–H groups in total. The minimum atomic E-state index is -3.34. The lowest BCUT2D eigenvalue weighted by Crippen LogP contribution is -2.28. The van der Waals surface area contributed by atoms with Gasteiger partial charge >= 0.3 is 0 Å². The van der Waals surface area contributed by atoms with Gasteiger partial charge in [0.1, 0.15) is 5.56 Å². The summed E-state index contributed by atoms with van der Waals surface area (Å²) in [5.74, 6) is -0.565. The van der Waals surface area contributed by atoms with Crippen LogP contribution in [0.15, 0.2) is 76.6 Å². The number of fused-ring (bicyclic) bond motifs is 1. The quantitative estimate of drug-likeness (QED) is 0.515. The van der Waals surface area contributed by atoms with Gasteiger partial charge in [-0.25, -0.2) is 13.4 Å². The van der Waals surface area contributed by atoms with Crippen LogP contribution < -0.4 is 10.9 Å².